The Morgan fingerprint density at radius 3 is 0.915 bits per heavy atom. The first-order valence-corrected chi connectivity index (χ1v) is 18.1. The van der Waals surface area contributed by atoms with Gasteiger partial charge in [0.1, 0.15) is 0 Å². The highest BCUT2D eigenvalue weighted by Gasteiger charge is 2.13. The highest BCUT2D eigenvalue weighted by atomic mass is 79.9. The van der Waals surface area contributed by atoms with Gasteiger partial charge in [0.2, 0.25) is 0 Å². The van der Waals surface area contributed by atoms with E-state index in [9.17, 15) is 0 Å². The van der Waals surface area contributed by atoms with Crippen LogP contribution in [0.5, 0.6) is 0 Å². The van der Waals surface area contributed by atoms with Gasteiger partial charge in [-0.3, -0.25) is 0 Å². The predicted molar refractivity (Wildman–Crippen MR) is 202 cm³/mol. The Hall–Kier alpha value is -3.93. The highest BCUT2D eigenvalue weighted by Crippen LogP contribution is 2.26. The molecule has 0 N–H and O–H groups in total. The normalized spacial score (nSPS) is 11.1. The molecule has 6 aromatic rings. The van der Waals surface area contributed by atoms with Crippen molar-refractivity contribution >= 4 is 31.9 Å². The van der Waals surface area contributed by atoms with Gasteiger partial charge >= 0.3 is 0 Å². The van der Waals surface area contributed by atoms with Crippen LogP contribution in [0.2, 0.25) is 0 Å². The van der Waals surface area contributed by atoms with Crippen LogP contribution in [0.25, 0.3) is 34.2 Å². The van der Waals surface area contributed by atoms with Crippen molar-refractivity contribution in [2.24, 2.45) is 0 Å². The lowest BCUT2D eigenvalue weighted by molar-refractivity contribution is 0.734. The molecule has 6 rings (SSSR count). The first kappa shape index (κ1) is 33.0. The summed E-state index contributed by atoms with van der Waals surface area (Å²) in [5, 5.41) is 0. The standard InChI is InChI=1S/C42H39Br2N3/c1-30-10-20-35(21-11-30)40-45-41(36-22-12-31(13-23-36)6-2-4-8-33-16-26-38(43)27-17-33)47-42(46-40)37-24-14-32(15-25-37)7-3-5-9-34-18-28-39(44)29-19-34/h10-29H,2-9H2,1H3. The summed E-state index contributed by atoms with van der Waals surface area (Å²) in [6.07, 6.45) is 8.99. The van der Waals surface area contributed by atoms with Gasteiger partial charge in [0.05, 0.1) is 0 Å². The van der Waals surface area contributed by atoms with Crippen LogP contribution >= 0.6 is 31.9 Å². The summed E-state index contributed by atoms with van der Waals surface area (Å²) in [5.41, 5.74) is 9.66. The molecule has 0 aliphatic heterocycles. The molecular weight excluding hydrogens is 706 g/mol. The number of hydrogen-bond acceptors (Lipinski definition) is 3. The average molecular weight is 746 g/mol. The summed E-state index contributed by atoms with van der Waals surface area (Å²) in [6.45, 7) is 2.10. The van der Waals surface area contributed by atoms with Gasteiger partial charge in [-0.15, -0.1) is 0 Å². The molecule has 1 aromatic heterocycles. The second-order valence-corrected chi connectivity index (χ2v) is 14.1. The van der Waals surface area contributed by atoms with Crippen molar-refractivity contribution in [1.29, 1.82) is 0 Å². The van der Waals surface area contributed by atoms with E-state index in [-0.39, 0.29) is 0 Å². The molecule has 0 unspecified atom stereocenters. The summed E-state index contributed by atoms with van der Waals surface area (Å²) in [7, 11) is 0. The molecular formula is C42H39Br2N3. The van der Waals surface area contributed by atoms with Crippen molar-refractivity contribution in [3.8, 4) is 34.2 Å². The average Bonchev–Trinajstić information content (AvgIpc) is 3.11. The topological polar surface area (TPSA) is 38.7 Å². The number of benzene rings is 5. The number of rotatable bonds is 13. The molecule has 0 spiro atoms. The predicted octanol–water partition coefficient (Wildman–Crippen LogP) is 11.8. The number of aromatic nitrogens is 3. The molecule has 5 aromatic carbocycles. The highest BCUT2D eigenvalue weighted by molar-refractivity contribution is 9.10. The lowest BCUT2D eigenvalue weighted by atomic mass is 10.0. The summed E-state index contributed by atoms with van der Waals surface area (Å²) in [4.78, 5) is 14.9. The van der Waals surface area contributed by atoms with E-state index >= 15 is 0 Å². The van der Waals surface area contributed by atoms with Gasteiger partial charge in [0, 0.05) is 25.6 Å². The van der Waals surface area contributed by atoms with Crippen LogP contribution in [0, 0.1) is 6.92 Å². The Balaban J connectivity index is 1.13. The van der Waals surface area contributed by atoms with Gasteiger partial charge in [-0.25, -0.2) is 15.0 Å². The van der Waals surface area contributed by atoms with Crippen LogP contribution in [0.4, 0.5) is 0 Å². The van der Waals surface area contributed by atoms with Crippen molar-refractivity contribution in [1.82, 2.24) is 15.0 Å². The number of halogens is 2. The van der Waals surface area contributed by atoms with Crippen LogP contribution < -0.4 is 0 Å². The summed E-state index contributed by atoms with van der Waals surface area (Å²) in [5.74, 6) is 2.09. The van der Waals surface area contributed by atoms with E-state index in [0.29, 0.717) is 17.5 Å². The quantitative estimate of drug-likeness (QED) is 0.111. The first-order valence-electron chi connectivity index (χ1n) is 16.5. The molecule has 0 saturated carbocycles. The SMILES string of the molecule is Cc1ccc(-c2nc(-c3ccc(CCCCc4ccc(Br)cc4)cc3)nc(-c3ccc(CCCCc4ccc(Br)cc4)cc3)n2)cc1. The van der Waals surface area contributed by atoms with E-state index in [1.54, 1.807) is 0 Å². The van der Waals surface area contributed by atoms with Crippen molar-refractivity contribution in [3.63, 3.8) is 0 Å². The third-order valence-electron chi connectivity index (χ3n) is 8.56. The molecule has 0 saturated heterocycles. The lowest BCUT2D eigenvalue weighted by Crippen LogP contribution is -2.00. The van der Waals surface area contributed by atoms with Gasteiger partial charge < -0.3 is 0 Å². The molecule has 1 heterocycles. The fourth-order valence-electron chi connectivity index (χ4n) is 5.73. The largest absolute Gasteiger partial charge is 0.208 e. The zero-order valence-corrected chi connectivity index (χ0v) is 30.0. The zero-order valence-electron chi connectivity index (χ0n) is 26.8. The molecule has 47 heavy (non-hydrogen) atoms. The molecule has 5 heteroatoms. The molecule has 3 nitrogen and oxygen atoms in total. The molecule has 0 aliphatic rings. The van der Waals surface area contributed by atoms with Crippen molar-refractivity contribution < 1.29 is 0 Å². The number of aryl methyl sites for hydroxylation is 5. The van der Waals surface area contributed by atoms with Crippen LogP contribution in [0.15, 0.2) is 130 Å². The van der Waals surface area contributed by atoms with Crippen LogP contribution in [0.1, 0.15) is 53.5 Å². The van der Waals surface area contributed by atoms with Gasteiger partial charge in [0.15, 0.2) is 17.5 Å². The number of unbranched alkanes of at least 4 members (excludes halogenated alkanes) is 2. The maximum absolute atomic E-state index is 4.98. The van der Waals surface area contributed by atoms with Crippen LogP contribution in [-0.2, 0) is 25.7 Å². The summed E-state index contributed by atoms with van der Waals surface area (Å²) < 4.78 is 2.26. The smallest absolute Gasteiger partial charge is 0.164 e. The van der Waals surface area contributed by atoms with Gasteiger partial charge in [-0.2, -0.15) is 0 Å². The van der Waals surface area contributed by atoms with Crippen LogP contribution in [-0.4, -0.2) is 15.0 Å². The van der Waals surface area contributed by atoms with Crippen molar-refractivity contribution in [2.75, 3.05) is 0 Å². The minimum atomic E-state index is 0.694. The molecule has 236 valence electrons. The third-order valence-corrected chi connectivity index (χ3v) is 9.62. The first-order chi connectivity index (χ1) is 23.0. The summed E-state index contributed by atoms with van der Waals surface area (Å²) in [6, 6.07) is 43.2. The minimum absolute atomic E-state index is 0.694. The van der Waals surface area contributed by atoms with E-state index in [0.717, 1.165) is 64.2 Å². The second kappa shape index (κ2) is 16.3. The second-order valence-electron chi connectivity index (χ2n) is 12.2. The maximum Gasteiger partial charge on any atom is 0.164 e. The molecule has 0 aliphatic carbocycles. The maximum atomic E-state index is 4.98. The monoisotopic (exact) mass is 743 g/mol. The van der Waals surface area contributed by atoms with Crippen molar-refractivity contribution in [2.45, 2.75) is 58.3 Å². The molecule has 0 radical (unpaired) electrons. The summed E-state index contributed by atoms with van der Waals surface area (Å²) >= 11 is 7.04. The van der Waals surface area contributed by atoms with Gasteiger partial charge in [-0.05, 0) is 105 Å². The Kier molecular flexibility index (Phi) is 11.4. The number of nitrogens with zero attached hydrogens (tertiary/aromatic N) is 3. The molecule has 0 bridgehead atoms. The lowest BCUT2D eigenvalue weighted by Gasteiger charge is -2.10. The third kappa shape index (κ3) is 9.56. The van der Waals surface area contributed by atoms with E-state index in [1.807, 2.05) is 0 Å². The van der Waals surface area contributed by atoms with E-state index in [4.69, 9.17) is 15.0 Å². The number of hydrogen-bond donors (Lipinski definition) is 0. The van der Waals surface area contributed by atoms with Gasteiger partial charge in [0.25, 0.3) is 0 Å². The van der Waals surface area contributed by atoms with E-state index in [2.05, 4.69) is 160 Å². The Morgan fingerprint density at radius 2 is 0.617 bits per heavy atom. The Bertz CT molecular complexity index is 1750. The van der Waals surface area contributed by atoms with E-state index in [1.165, 1.54) is 40.7 Å². The van der Waals surface area contributed by atoms with E-state index < -0.39 is 0 Å². The Labute approximate surface area is 295 Å². The molecule has 0 atom stereocenters. The molecule has 0 fully saturated rings. The van der Waals surface area contributed by atoms with Crippen LogP contribution in [0.3, 0.4) is 0 Å². The Morgan fingerprint density at radius 1 is 0.362 bits per heavy atom. The van der Waals surface area contributed by atoms with Gasteiger partial charge in [-0.1, -0.05) is 134 Å². The molecule has 0 amide bonds. The fraction of sp³-hybridized carbons (Fsp3) is 0.214. The fourth-order valence-corrected chi connectivity index (χ4v) is 6.25. The minimum Gasteiger partial charge on any atom is -0.208 e. The van der Waals surface area contributed by atoms with Crippen molar-refractivity contribution in [3.05, 3.63) is 158 Å². The zero-order chi connectivity index (χ0) is 32.4.